The lowest BCUT2D eigenvalue weighted by Gasteiger charge is -2.24. The van der Waals surface area contributed by atoms with Gasteiger partial charge in [-0.3, -0.25) is 0 Å². The van der Waals surface area contributed by atoms with Crippen LogP contribution in [0.5, 0.6) is 0 Å². The first kappa shape index (κ1) is 7.03. The zero-order valence-electron chi connectivity index (χ0n) is 6.32. The molecule has 0 aromatic carbocycles. The molecular formula is C7H18N2+2. The average molecular weight is 130 g/mol. The minimum absolute atomic E-state index is 0.916. The second-order valence-electron chi connectivity index (χ2n) is 3.21. The topological polar surface area (TPSA) is 32.1 Å². The van der Waals surface area contributed by atoms with Crippen LogP contribution < -0.4 is 10.6 Å². The van der Waals surface area contributed by atoms with E-state index in [1.54, 1.807) is 4.90 Å². The van der Waals surface area contributed by atoms with Gasteiger partial charge in [-0.25, -0.2) is 0 Å². The van der Waals surface area contributed by atoms with Gasteiger partial charge in [-0.15, -0.1) is 0 Å². The van der Waals surface area contributed by atoms with Gasteiger partial charge in [-0.05, 0) is 12.8 Å². The Morgan fingerprint density at radius 3 is 2.89 bits per heavy atom. The largest absolute Gasteiger partial charge is 0.357 e. The molecule has 0 aromatic rings. The molecule has 4 N–H and O–H groups in total. The third-order valence-corrected chi connectivity index (χ3v) is 2.26. The lowest BCUT2D eigenvalue weighted by molar-refractivity contribution is -0.889. The molecule has 1 aliphatic heterocycles. The normalized spacial score (nSPS) is 36.7. The van der Waals surface area contributed by atoms with Crippen molar-refractivity contribution in [3.63, 3.8) is 0 Å². The lowest BCUT2D eigenvalue weighted by Crippen LogP contribution is -3.11. The Hall–Kier alpha value is -0.0800. The van der Waals surface area contributed by atoms with Crippen molar-refractivity contribution in [2.24, 2.45) is 5.92 Å². The van der Waals surface area contributed by atoms with Gasteiger partial charge in [0.15, 0.2) is 0 Å². The molecule has 54 valence electrons. The first-order chi connectivity index (χ1) is 4.33. The Morgan fingerprint density at radius 2 is 2.44 bits per heavy atom. The Balaban J connectivity index is 2.23. The van der Waals surface area contributed by atoms with Gasteiger partial charge < -0.3 is 10.6 Å². The van der Waals surface area contributed by atoms with Gasteiger partial charge in [0.2, 0.25) is 0 Å². The van der Waals surface area contributed by atoms with Crippen molar-refractivity contribution in [1.29, 1.82) is 0 Å². The average Bonchev–Trinajstić information content (AvgIpc) is 1.88. The summed E-state index contributed by atoms with van der Waals surface area (Å²) in [5.41, 5.74) is 3.93. The maximum absolute atomic E-state index is 3.93. The van der Waals surface area contributed by atoms with Gasteiger partial charge in [0.1, 0.15) is 0 Å². The minimum atomic E-state index is 0.916. The van der Waals surface area contributed by atoms with Gasteiger partial charge in [-0.2, -0.15) is 0 Å². The lowest BCUT2D eigenvalue weighted by atomic mass is 9.99. The molecule has 0 spiro atoms. The van der Waals surface area contributed by atoms with E-state index < -0.39 is 0 Å². The minimum Gasteiger partial charge on any atom is -0.357 e. The zero-order chi connectivity index (χ0) is 6.69. The van der Waals surface area contributed by atoms with Crippen LogP contribution in [0, 0.1) is 5.92 Å². The van der Waals surface area contributed by atoms with E-state index in [4.69, 9.17) is 0 Å². The number of hydrogen-bond acceptors (Lipinski definition) is 0. The maximum atomic E-state index is 3.93. The van der Waals surface area contributed by atoms with Crippen molar-refractivity contribution < 1.29 is 10.6 Å². The van der Waals surface area contributed by atoms with Crippen molar-refractivity contribution in [2.45, 2.75) is 12.8 Å². The summed E-state index contributed by atoms with van der Waals surface area (Å²) in [4.78, 5) is 1.69. The third-order valence-electron chi connectivity index (χ3n) is 2.26. The fourth-order valence-electron chi connectivity index (χ4n) is 1.64. The van der Waals surface area contributed by atoms with Crippen LogP contribution in [0.3, 0.4) is 0 Å². The summed E-state index contributed by atoms with van der Waals surface area (Å²) in [6, 6.07) is 0. The van der Waals surface area contributed by atoms with E-state index in [1.165, 1.54) is 25.9 Å². The molecule has 0 radical (unpaired) electrons. The first-order valence-electron chi connectivity index (χ1n) is 3.93. The molecule has 1 aliphatic rings. The number of quaternary nitrogens is 2. The first-order valence-corrected chi connectivity index (χ1v) is 3.93. The number of rotatable bonds is 1. The predicted molar refractivity (Wildman–Crippen MR) is 37.1 cm³/mol. The zero-order valence-corrected chi connectivity index (χ0v) is 6.32. The summed E-state index contributed by atoms with van der Waals surface area (Å²) in [6.07, 6.45) is 2.83. The molecular weight excluding hydrogens is 112 g/mol. The fourth-order valence-corrected chi connectivity index (χ4v) is 1.64. The summed E-state index contributed by atoms with van der Waals surface area (Å²) in [7, 11) is 2.28. The van der Waals surface area contributed by atoms with Crippen LogP contribution in [0.2, 0.25) is 0 Å². The highest BCUT2D eigenvalue weighted by atomic mass is 15.1. The van der Waals surface area contributed by atoms with E-state index in [0.717, 1.165) is 12.5 Å². The molecule has 2 nitrogen and oxygen atoms in total. The highest BCUT2D eigenvalue weighted by Gasteiger charge is 2.19. The number of piperidine rings is 1. The van der Waals surface area contributed by atoms with E-state index in [1.807, 2.05) is 0 Å². The standard InChI is InChI=1S/C7H16N2/c1-9-4-2-3-7(5-8)6-9/h7H,2-6,8H2,1H3/p+2/t7-/m0/s1. The third kappa shape index (κ3) is 1.95. The Morgan fingerprint density at radius 1 is 1.67 bits per heavy atom. The van der Waals surface area contributed by atoms with Crippen molar-refractivity contribution in [1.82, 2.24) is 0 Å². The maximum Gasteiger partial charge on any atom is 0.0852 e. The van der Waals surface area contributed by atoms with Crippen LogP contribution in [-0.2, 0) is 0 Å². The molecule has 0 aliphatic carbocycles. The van der Waals surface area contributed by atoms with Gasteiger partial charge in [0.25, 0.3) is 0 Å². The Bertz CT molecular complexity index is 83.0. The molecule has 1 heterocycles. The summed E-state index contributed by atoms with van der Waals surface area (Å²) >= 11 is 0. The van der Waals surface area contributed by atoms with E-state index >= 15 is 0 Å². The second kappa shape index (κ2) is 3.18. The van der Waals surface area contributed by atoms with E-state index in [0.29, 0.717) is 0 Å². The van der Waals surface area contributed by atoms with Gasteiger partial charge >= 0.3 is 0 Å². The summed E-state index contributed by atoms with van der Waals surface area (Å²) in [6.45, 7) is 3.86. The molecule has 0 saturated carbocycles. The number of likely N-dealkylation sites (tertiary alicyclic amines) is 1. The SMILES string of the molecule is C[NH+]1CCC[C@@H](C[NH3+])C1. The van der Waals surface area contributed by atoms with Crippen LogP contribution in [0.1, 0.15) is 12.8 Å². The van der Waals surface area contributed by atoms with Crippen molar-refractivity contribution >= 4 is 0 Å². The summed E-state index contributed by atoms with van der Waals surface area (Å²) < 4.78 is 0. The Kier molecular flexibility index (Phi) is 2.49. The molecule has 0 bridgehead atoms. The van der Waals surface area contributed by atoms with Crippen LogP contribution in [-0.4, -0.2) is 26.7 Å². The molecule has 1 unspecified atom stereocenters. The van der Waals surface area contributed by atoms with Crippen molar-refractivity contribution in [3.05, 3.63) is 0 Å². The quantitative estimate of drug-likeness (QED) is 0.418. The molecule has 1 saturated heterocycles. The van der Waals surface area contributed by atoms with Crippen LogP contribution in [0.15, 0.2) is 0 Å². The molecule has 2 atom stereocenters. The molecule has 2 heteroatoms. The van der Waals surface area contributed by atoms with Crippen LogP contribution in [0.4, 0.5) is 0 Å². The fraction of sp³-hybridized carbons (Fsp3) is 1.00. The van der Waals surface area contributed by atoms with Crippen molar-refractivity contribution in [3.8, 4) is 0 Å². The molecule has 0 aromatic heterocycles. The van der Waals surface area contributed by atoms with Gasteiger partial charge in [-0.1, -0.05) is 0 Å². The highest BCUT2D eigenvalue weighted by molar-refractivity contribution is 4.57. The van der Waals surface area contributed by atoms with E-state index in [2.05, 4.69) is 12.8 Å². The Labute approximate surface area is 57.0 Å². The van der Waals surface area contributed by atoms with Crippen molar-refractivity contribution in [2.75, 3.05) is 26.7 Å². The molecule has 1 fully saturated rings. The second-order valence-corrected chi connectivity index (χ2v) is 3.21. The summed E-state index contributed by atoms with van der Waals surface area (Å²) in [5.74, 6) is 0.916. The number of nitrogens with one attached hydrogen (secondary N) is 1. The summed E-state index contributed by atoms with van der Waals surface area (Å²) in [5, 5.41) is 0. The van der Waals surface area contributed by atoms with Gasteiger partial charge in [0.05, 0.1) is 32.6 Å². The molecule has 0 amide bonds. The van der Waals surface area contributed by atoms with Crippen LogP contribution in [0.25, 0.3) is 0 Å². The van der Waals surface area contributed by atoms with E-state index in [9.17, 15) is 0 Å². The van der Waals surface area contributed by atoms with E-state index in [-0.39, 0.29) is 0 Å². The molecule has 9 heavy (non-hydrogen) atoms. The van der Waals surface area contributed by atoms with Crippen LogP contribution >= 0.6 is 0 Å². The monoisotopic (exact) mass is 130 g/mol. The number of hydrogen-bond donors (Lipinski definition) is 2. The van der Waals surface area contributed by atoms with Gasteiger partial charge in [0, 0.05) is 0 Å². The predicted octanol–water partition coefficient (Wildman–Crippen LogP) is -1.85. The smallest absolute Gasteiger partial charge is 0.0852 e. The molecule has 1 rings (SSSR count). The highest BCUT2D eigenvalue weighted by Crippen LogP contribution is 2.02.